The Hall–Kier alpha value is -2.92. The van der Waals surface area contributed by atoms with Gasteiger partial charge in [-0.2, -0.15) is 0 Å². The number of benzene rings is 5. The highest BCUT2D eigenvalue weighted by Crippen LogP contribution is 2.58. The van der Waals surface area contributed by atoms with Crippen molar-refractivity contribution in [3.05, 3.63) is 139 Å². The highest BCUT2D eigenvalue weighted by Gasteiger charge is 2.45. The van der Waals surface area contributed by atoms with Gasteiger partial charge in [-0.3, -0.25) is 0 Å². The molecule has 5 aromatic carbocycles. The average molecular weight is 453 g/mol. The molecule has 0 bridgehead atoms. The second kappa shape index (κ2) is 9.70. The molecule has 5 rings (SSSR count). The van der Waals surface area contributed by atoms with Gasteiger partial charge in [0.05, 0.1) is 6.16 Å². The molecule has 2 heteroatoms. The molecule has 0 fully saturated rings. The largest absolute Gasteiger partial charge is 1.00 e. The van der Waals surface area contributed by atoms with Crippen LogP contribution in [0.3, 0.4) is 0 Å². The molecule has 0 saturated heterocycles. The fourth-order valence-corrected chi connectivity index (χ4v) is 8.95. The van der Waals surface area contributed by atoms with Gasteiger partial charge in [-0.15, -0.1) is 0 Å². The van der Waals surface area contributed by atoms with Crippen molar-refractivity contribution >= 4 is 33.9 Å². The molecular weight excluding hydrogens is 427 g/mol. The maximum atomic E-state index is 2.35. The summed E-state index contributed by atoms with van der Waals surface area (Å²) >= 11 is 0. The summed E-state index contributed by atoms with van der Waals surface area (Å²) < 4.78 is 0. The Morgan fingerprint density at radius 3 is 1.34 bits per heavy atom. The Kier molecular flexibility index (Phi) is 6.75. The van der Waals surface area contributed by atoms with Crippen molar-refractivity contribution in [2.45, 2.75) is 13.1 Å². The third kappa shape index (κ3) is 3.97. The topological polar surface area (TPSA) is 0 Å². The van der Waals surface area contributed by atoms with E-state index in [0.29, 0.717) is 0 Å². The molecule has 0 aliphatic carbocycles. The minimum Gasteiger partial charge on any atom is -1.00 e. The molecule has 0 amide bonds. The van der Waals surface area contributed by atoms with Gasteiger partial charge < -0.3 is 12.4 Å². The van der Waals surface area contributed by atoms with Gasteiger partial charge in [-0.05, 0) is 65.2 Å². The Labute approximate surface area is 197 Å². The van der Waals surface area contributed by atoms with E-state index >= 15 is 0 Å². The van der Waals surface area contributed by atoms with Crippen molar-refractivity contribution in [1.82, 2.24) is 0 Å². The monoisotopic (exact) mass is 452 g/mol. The predicted octanol–water partition coefficient (Wildman–Crippen LogP) is 3.65. The van der Waals surface area contributed by atoms with Crippen LogP contribution in [-0.2, 0) is 6.16 Å². The zero-order chi connectivity index (χ0) is 21.1. The molecule has 0 atom stereocenters. The summed E-state index contributed by atoms with van der Waals surface area (Å²) in [5.74, 6) is 0. The van der Waals surface area contributed by atoms with Crippen LogP contribution in [0, 0.1) is 6.92 Å². The van der Waals surface area contributed by atoms with Gasteiger partial charge in [-0.25, -0.2) is 0 Å². The Morgan fingerprint density at radius 2 is 0.875 bits per heavy atom. The summed E-state index contributed by atoms with van der Waals surface area (Å²) in [6.07, 6.45) is 1.01. The molecule has 0 radical (unpaired) electrons. The number of hydrogen-bond acceptors (Lipinski definition) is 0. The normalized spacial score (nSPS) is 11.2. The van der Waals surface area contributed by atoms with Crippen molar-refractivity contribution in [2.75, 3.05) is 0 Å². The van der Waals surface area contributed by atoms with E-state index in [2.05, 4.69) is 134 Å². The highest BCUT2D eigenvalue weighted by molar-refractivity contribution is 7.95. The molecule has 5 aromatic rings. The molecule has 0 heterocycles. The molecule has 0 spiro atoms. The summed E-state index contributed by atoms with van der Waals surface area (Å²) in [6.45, 7) is 2.21. The van der Waals surface area contributed by atoms with E-state index in [0.717, 1.165) is 6.16 Å². The summed E-state index contributed by atoms with van der Waals surface area (Å²) in [7, 11) is -1.89. The Morgan fingerprint density at radius 1 is 0.469 bits per heavy atom. The van der Waals surface area contributed by atoms with Gasteiger partial charge in [0.1, 0.15) is 23.2 Å². The van der Waals surface area contributed by atoms with Crippen LogP contribution in [0.4, 0.5) is 0 Å². The average Bonchev–Trinajstić information content (AvgIpc) is 2.86. The van der Waals surface area contributed by atoms with Gasteiger partial charge in [0.2, 0.25) is 0 Å². The zero-order valence-corrected chi connectivity index (χ0v) is 19.8. The molecule has 0 aliphatic rings. The third-order valence-corrected chi connectivity index (χ3v) is 10.6. The first kappa shape index (κ1) is 22.3. The second-order valence-electron chi connectivity index (χ2n) is 8.06. The van der Waals surface area contributed by atoms with Gasteiger partial charge in [0.25, 0.3) is 0 Å². The Bertz CT molecular complexity index is 1200. The van der Waals surface area contributed by atoms with E-state index in [1.165, 1.54) is 37.8 Å². The molecule has 32 heavy (non-hydrogen) atoms. The molecular formula is C30H26ClP. The predicted molar refractivity (Wildman–Crippen MR) is 138 cm³/mol. The molecule has 0 saturated carbocycles. The van der Waals surface area contributed by atoms with Crippen molar-refractivity contribution in [2.24, 2.45) is 0 Å². The maximum Gasteiger partial charge on any atom is 0.116 e. The van der Waals surface area contributed by atoms with Crippen molar-refractivity contribution < 1.29 is 12.4 Å². The first-order chi connectivity index (χ1) is 15.3. The lowest BCUT2D eigenvalue weighted by atomic mass is 10.0. The first-order valence-corrected chi connectivity index (χ1v) is 12.8. The fourth-order valence-electron chi connectivity index (χ4n) is 4.67. The van der Waals surface area contributed by atoms with E-state index in [-0.39, 0.29) is 12.4 Å². The fraction of sp³-hybridized carbons (Fsp3) is 0.0667. The lowest BCUT2D eigenvalue weighted by Crippen LogP contribution is -3.00. The van der Waals surface area contributed by atoms with E-state index in [1.807, 2.05) is 0 Å². The van der Waals surface area contributed by atoms with Crippen LogP contribution >= 0.6 is 7.26 Å². The van der Waals surface area contributed by atoms with Crippen LogP contribution < -0.4 is 28.3 Å². The minimum absolute atomic E-state index is 0. The smallest absolute Gasteiger partial charge is 0.116 e. The number of hydrogen-bond donors (Lipinski definition) is 0. The number of halogens is 1. The van der Waals surface area contributed by atoms with Crippen LogP contribution in [0.15, 0.2) is 127 Å². The van der Waals surface area contributed by atoms with Crippen LogP contribution in [0.2, 0.25) is 0 Å². The molecule has 0 unspecified atom stereocenters. The molecule has 0 aromatic heterocycles. The van der Waals surface area contributed by atoms with Crippen molar-refractivity contribution in [3.63, 3.8) is 0 Å². The van der Waals surface area contributed by atoms with Crippen molar-refractivity contribution in [1.29, 1.82) is 0 Å². The summed E-state index contributed by atoms with van der Waals surface area (Å²) in [6, 6.07) is 46.9. The van der Waals surface area contributed by atoms with Crippen LogP contribution in [0.5, 0.6) is 0 Å². The summed E-state index contributed by atoms with van der Waals surface area (Å²) in [5.41, 5.74) is 2.76. The SMILES string of the molecule is Cc1ccc(C[P+](c2ccccc2)(c2ccccc2)c2ccccc2)c2ccccc12.[Cl-]. The molecule has 0 N–H and O–H groups in total. The van der Waals surface area contributed by atoms with E-state index in [4.69, 9.17) is 0 Å². The van der Waals surface area contributed by atoms with Gasteiger partial charge in [0.15, 0.2) is 0 Å². The lowest BCUT2D eigenvalue weighted by molar-refractivity contribution is -0.00000600. The van der Waals surface area contributed by atoms with Gasteiger partial charge in [-0.1, -0.05) is 91.0 Å². The summed E-state index contributed by atoms with van der Waals surface area (Å²) in [4.78, 5) is 0. The standard InChI is InChI=1S/C30H26P.ClH/c1-24-21-22-25(30-20-12-11-19-29(24)30)23-31(26-13-5-2-6-14-26,27-15-7-3-8-16-27)28-17-9-4-10-18-28;/h2-22H,23H2,1H3;1H/q+1;/p-1. The third-order valence-electron chi connectivity index (χ3n) is 6.23. The number of fused-ring (bicyclic) bond motifs is 1. The molecule has 0 nitrogen and oxygen atoms in total. The number of rotatable bonds is 5. The van der Waals surface area contributed by atoms with Crippen LogP contribution in [0.1, 0.15) is 11.1 Å². The van der Waals surface area contributed by atoms with Gasteiger partial charge in [0, 0.05) is 0 Å². The minimum atomic E-state index is -1.89. The van der Waals surface area contributed by atoms with Gasteiger partial charge >= 0.3 is 0 Å². The highest BCUT2D eigenvalue weighted by atomic mass is 35.5. The van der Waals surface area contributed by atoms with E-state index in [9.17, 15) is 0 Å². The van der Waals surface area contributed by atoms with Crippen LogP contribution in [0.25, 0.3) is 10.8 Å². The molecule has 0 aliphatic heterocycles. The number of aryl methyl sites for hydroxylation is 1. The summed E-state index contributed by atoms with van der Waals surface area (Å²) in [5, 5.41) is 7.01. The quantitative estimate of drug-likeness (QED) is 0.357. The Balaban J connectivity index is 0.00000245. The first-order valence-electron chi connectivity index (χ1n) is 10.8. The van der Waals surface area contributed by atoms with E-state index < -0.39 is 7.26 Å². The maximum absolute atomic E-state index is 2.35. The lowest BCUT2D eigenvalue weighted by Gasteiger charge is -2.28. The molecule has 158 valence electrons. The van der Waals surface area contributed by atoms with Crippen molar-refractivity contribution in [3.8, 4) is 0 Å². The van der Waals surface area contributed by atoms with Crippen LogP contribution in [-0.4, -0.2) is 0 Å². The second-order valence-corrected chi connectivity index (χ2v) is 11.5. The zero-order valence-electron chi connectivity index (χ0n) is 18.2. The van der Waals surface area contributed by atoms with E-state index in [1.54, 1.807) is 0 Å².